The van der Waals surface area contributed by atoms with Crippen molar-refractivity contribution < 1.29 is 19.7 Å². The normalized spacial score (nSPS) is 17.2. The number of hydrogen-bond donors (Lipinski definition) is 2. The topological polar surface area (TPSA) is 80.9 Å². The summed E-state index contributed by atoms with van der Waals surface area (Å²) in [5.41, 5.74) is 1.10. The SMILES string of the molecule is CC(C)C(CO)C(O)C1=C(OCc2ccccc2)C(=O)C=C[N]1. The zero-order chi connectivity index (χ0) is 16.8. The highest BCUT2D eigenvalue weighted by Crippen LogP contribution is 2.25. The number of carbonyl (C=O) groups excluding carboxylic acids is 1. The van der Waals surface area contributed by atoms with E-state index in [2.05, 4.69) is 5.32 Å². The van der Waals surface area contributed by atoms with Crippen LogP contribution in [0.4, 0.5) is 0 Å². The number of aliphatic hydroxyl groups excluding tert-OH is 2. The fourth-order valence-corrected chi connectivity index (χ4v) is 2.41. The molecule has 0 bridgehead atoms. The van der Waals surface area contributed by atoms with E-state index in [4.69, 9.17) is 4.74 Å². The molecule has 5 heteroatoms. The van der Waals surface area contributed by atoms with Gasteiger partial charge in [0.25, 0.3) is 0 Å². The molecule has 1 heterocycles. The molecule has 2 atom stereocenters. The van der Waals surface area contributed by atoms with E-state index in [-0.39, 0.29) is 36.4 Å². The summed E-state index contributed by atoms with van der Waals surface area (Å²) < 4.78 is 5.63. The summed E-state index contributed by atoms with van der Waals surface area (Å²) in [7, 11) is 0. The van der Waals surface area contributed by atoms with Gasteiger partial charge in [-0.2, -0.15) is 0 Å². The Hall–Kier alpha value is -2.11. The minimum absolute atomic E-state index is 0.0362. The number of hydrogen-bond acceptors (Lipinski definition) is 4. The van der Waals surface area contributed by atoms with Crippen LogP contribution in [0, 0.1) is 11.8 Å². The Balaban J connectivity index is 2.21. The number of ketones is 1. The van der Waals surface area contributed by atoms with Gasteiger partial charge in [-0.05, 0) is 11.5 Å². The highest BCUT2D eigenvalue weighted by atomic mass is 16.5. The molecule has 0 saturated carbocycles. The van der Waals surface area contributed by atoms with Crippen LogP contribution in [0.2, 0.25) is 0 Å². The number of carbonyl (C=O) groups is 1. The Morgan fingerprint density at radius 2 is 1.91 bits per heavy atom. The number of rotatable bonds is 7. The quantitative estimate of drug-likeness (QED) is 0.803. The van der Waals surface area contributed by atoms with Gasteiger partial charge in [-0.25, -0.2) is 0 Å². The fourth-order valence-electron chi connectivity index (χ4n) is 2.41. The van der Waals surface area contributed by atoms with Crippen molar-refractivity contribution >= 4 is 5.78 Å². The van der Waals surface area contributed by atoms with Crippen molar-refractivity contribution in [1.82, 2.24) is 5.32 Å². The summed E-state index contributed by atoms with van der Waals surface area (Å²) >= 11 is 0. The van der Waals surface area contributed by atoms with Crippen molar-refractivity contribution in [3.8, 4) is 0 Å². The highest BCUT2D eigenvalue weighted by molar-refractivity contribution is 6.03. The number of allylic oxidation sites excluding steroid dienone is 1. The summed E-state index contributed by atoms with van der Waals surface area (Å²) in [5.74, 6) is -0.661. The molecule has 0 saturated heterocycles. The van der Waals surface area contributed by atoms with Gasteiger partial charge in [0.15, 0.2) is 5.76 Å². The van der Waals surface area contributed by atoms with Crippen molar-refractivity contribution in [3.05, 3.63) is 59.6 Å². The maximum atomic E-state index is 12.1. The molecule has 0 amide bonds. The van der Waals surface area contributed by atoms with E-state index in [9.17, 15) is 15.0 Å². The summed E-state index contributed by atoms with van der Waals surface area (Å²) in [6, 6.07) is 9.45. The summed E-state index contributed by atoms with van der Waals surface area (Å²) in [5, 5.41) is 24.1. The first-order valence-corrected chi connectivity index (χ1v) is 7.66. The molecule has 2 N–H and O–H groups in total. The van der Waals surface area contributed by atoms with Gasteiger partial charge in [-0.3, -0.25) is 10.1 Å². The second-order valence-corrected chi connectivity index (χ2v) is 5.83. The lowest BCUT2D eigenvalue weighted by Crippen LogP contribution is -2.35. The molecular weight excluding hydrogens is 294 g/mol. The third-order valence-corrected chi connectivity index (χ3v) is 3.87. The monoisotopic (exact) mass is 316 g/mol. The van der Waals surface area contributed by atoms with Crippen molar-refractivity contribution in [3.63, 3.8) is 0 Å². The van der Waals surface area contributed by atoms with E-state index in [1.165, 1.54) is 12.3 Å². The van der Waals surface area contributed by atoms with Crippen LogP contribution in [-0.4, -0.2) is 28.7 Å². The average molecular weight is 316 g/mol. The summed E-state index contributed by atoms with van der Waals surface area (Å²) in [4.78, 5) is 12.1. The Morgan fingerprint density at radius 1 is 1.22 bits per heavy atom. The van der Waals surface area contributed by atoms with Crippen LogP contribution in [0.25, 0.3) is 0 Å². The predicted molar refractivity (Wildman–Crippen MR) is 86.0 cm³/mol. The molecule has 123 valence electrons. The number of nitrogens with zero attached hydrogens (tertiary/aromatic N) is 1. The lowest BCUT2D eigenvalue weighted by molar-refractivity contribution is -0.115. The smallest absolute Gasteiger partial charge is 0.223 e. The summed E-state index contributed by atoms with van der Waals surface area (Å²) in [6.45, 7) is 3.82. The molecule has 2 rings (SSSR count). The number of benzene rings is 1. The minimum atomic E-state index is -1.06. The summed E-state index contributed by atoms with van der Waals surface area (Å²) in [6.07, 6.45) is 1.60. The molecule has 1 radical (unpaired) electrons. The Kier molecular flexibility index (Phi) is 5.96. The van der Waals surface area contributed by atoms with Gasteiger partial charge >= 0.3 is 0 Å². The zero-order valence-corrected chi connectivity index (χ0v) is 13.3. The maximum Gasteiger partial charge on any atom is 0.223 e. The van der Waals surface area contributed by atoms with Crippen molar-refractivity contribution in [2.45, 2.75) is 26.6 Å². The third kappa shape index (κ3) is 4.21. The molecular formula is C18H22NO4. The first-order chi connectivity index (χ1) is 11.0. The maximum absolute atomic E-state index is 12.1. The third-order valence-electron chi connectivity index (χ3n) is 3.87. The number of aliphatic hydroxyl groups is 2. The standard InChI is InChI=1S/C18H22NO4/c1-12(2)14(10-20)17(22)16-18(15(21)8-9-19-16)23-11-13-6-4-3-5-7-13/h3-9,12,14,17,20,22H,10-11H2,1-2H3. The molecule has 0 spiro atoms. The van der Waals surface area contributed by atoms with Gasteiger partial charge in [0.05, 0.1) is 0 Å². The Labute approximate surface area is 136 Å². The minimum Gasteiger partial charge on any atom is -0.483 e. The van der Waals surface area contributed by atoms with E-state index >= 15 is 0 Å². The van der Waals surface area contributed by atoms with Gasteiger partial charge in [-0.1, -0.05) is 44.2 Å². The zero-order valence-electron chi connectivity index (χ0n) is 13.3. The highest BCUT2D eigenvalue weighted by Gasteiger charge is 2.32. The Bertz CT molecular complexity index is 592. The van der Waals surface area contributed by atoms with Crippen LogP contribution in [-0.2, 0) is 16.1 Å². The van der Waals surface area contributed by atoms with Crippen LogP contribution < -0.4 is 5.32 Å². The van der Waals surface area contributed by atoms with Crippen LogP contribution in [0.1, 0.15) is 19.4 Å². The molecule has 1 aliphatic rings. The molecule has 0 aliphatic carbocycles. The van der Waals surface area contributed by atoms with Crippen LogP contribution in [0.5, 0.6) is 0 Å². The van der Waals surface area contributed by atoms with Crippen molar-refractivity contribution in [2.75, 3.05) is 6.61 Å². The lowest BCUT2D eigenvalue weighted by atomic mass is 9.88. The second-order valence-electron chi connectivity index (χ2n) is 5.83. The van der Waals surface area contributed by atoms with Crippen molar-refractivity contribution in [1.29, 1.82) is 0 Å². The molecule has 5 nitrogen and oxygen atoms in total. The van der Waals surface area contributed by atoms with Crippen molar-refractivity contribution in [2.24, 2.45) is 11.8 Å². The fraction of sp³-hybridized carbons (Fsp3) is 0.389. The van der Waals surface area contributed by atoms with E-state index in [0.717, 1.165) is 5.56 Å². The molecule has 1 aromatic rings. The van der Waals surface area contributed by atoms with E-state index in [0.29, 0.717) is 0 Å². The lowest BCUT2D eigenvalue weighted by Gasteiger charge is -2.27. The van der Waals surface area contributed by atoms with Crippen LogP contribution in [0.3, 0.4) is 0 Å². The second kappa shape index (κ2) is 7.94. The van der Waals surface area contributed by atoms with Crippen LogP contribution >= 0.6 is 0 Å². The molecule has 2 unspecified atom stereocenters. The first kappa shape index (κ1) is 17.2. The van der Waals surface area contributed by atoms with Gasteiger partial charge < -0.3 is 14.9 Å². The molecule has 1 aromatic carbocycles. The average Bonchev–Trinajstić information content (AvgIpc) is 2.54. The first-order valence-electron chi connectivity index (χ1n) is 7.66. The van der Waals surface area contributed by atoms with E-state index in [1.54, 1.807) is 0 Å². The van der Waals surface area contributed by atoms with E-state index < -0.39 is 12.0 Å². The van der Waals surface area contributed by atoms with E-state index in [1.807, 2.05) is 44.2 Å². The van der Waals surface area contributed by atoms with Gasteiger partial charge in [0.1, 0.15) is 18.4 Å². The predicted octanol–water partition coefficient (Wildman–Crippen LogP) is 1.74. The molecule has 1 aliphatic heterocycles. The molecule has 23 heavy (non-hydrogen) atoms. The molecule has 0 aromatic heterocycles. The van der Waals surface area contributed by atoms with Gasteiger partial charge in [0.2, 0.25) is 5.78 Å². The molecule has 0 fully saturated rings. The van der Waals surface area contributed by atoms with Gasteiger partial charge in [0, 0.05) is 24.8 Å². The Morgan fingerprint density at radius 3 is 2.52 bits per heavy atom. The van der Waals surface area contributed by atoms with Crippen LogP contribution in [0.15, 0.2) is 54.1 Å². The number of ether oxygens (including phenoxy) is 1. The largest absolute Gasteiger partial charge is 0.483 e. The van der Waals surface area contributed by atoms with Gasteiger partial charge in [-0.15, -0.1) is 0 Å².